The van der Waals surface area contributed by atoms with Gasteiger partial charge in [0.05, 0.1) is 0 Å². The summed E-state index contributed by atoms with van der Waals surface area (Å²) in [4.78, 5) is 2.49. The topological polar surface area (TPSA) is 3.24 Å². The Bertz CT molecular complexity index is 2370. The summed E-state index contributed by atoms with van der Waals surface area (Å²) in [6.45, 7) is 9.47. The molecule has 0 atom stereocenters. The lowest BCUT2D eigenvalue weighted by Gasteiger charge is -2.32. The SMILES string of the molecule is CCC1(CC)c2cc(N(c3ccc4c(c3)C(C)(C)c3ccccc3-4)c3ccc4ccccc4c3)ccc2-c2cc3ccccc3cc21. The van der Waals surface area contributed by atoms with E-state index in [1.54, 1.807) is 0 Å². The third-order valence-electron chi connectivity index (χ3n) is 11.5. The quantitative estimate of drug-likeness (QED) is 0.189. The zero-order valence-electron chi connectivity index (χ0n) is 27.6. The van der Waals surface area contributed by atoms with Gasteiger partial charge in [0.15, 0.2) is 0 Å². The molecular formula is C46H39N. The number of hydrogen-bond donors (Lipinski definition) is 0. The summed E-state index contributed by atoms with van der Waals surface area (Å²) in [6, 6.07) is 52.6. The maximum atomic E-state index is 2.51. The molecule has 7 aromatic carbocycles. The van der Waals surface area contributed by atoms with Crippen LogP contribution in [0.25, 0.3) is 43.8 Å². The third-order valence-corrected chi connectivity index (χ3v) is 11.5. The number of anilines is 3. The first-order chi connectivity index (χ1) is 22.9. The van der Waals surface area contributed by atoms with E-state index in [9.17, 15) is 0 Å². The van der Waals surface area contributed by atoms with E-state index in [4.69, 9.17) is 0 Å². The fraction of sp³-hybridized carbons (Fsp3) is 0.174. The van der Waals surface area contributed by atoms with E-state index in [-0.39, 0.29) is 10.8 Å². The minimum absolute atomic E-state index is 0.0265. The Morgan fingerprint density at radius 1 is 0.404 bits per heavy atom. The van der Waals surface area contributed by atoms with Crippen molar-refractivity contribution < 1.29 is 0 Å². The van der Waals surface area contributed by atoms with Gasteiger partial charge in [-0.15, -0.1) is 0 Å². The van der Waals surface area contributed by atoms with Gasteiger partial charge in [0.1, 0.15) is 0 Å². The molecule has 0 fully saturated rings. The molecule has 0 aliphatic heterocycles. The summed E-state index contributed by atoms with van der Waals surface area (Å²) in [7, 11) is 0. The minimum atomic E-state index is -0.0713. The summed E-state index contributed by atoms with van der Waals surface area (Å²) in [5.74, 6) is 0. The second-order valence-electron chi connectivity index (χ2n) is 14.0. The van der Waals surface area contributed by atoms with Crippen LogP contribution in [0.3, 0.4) is 0 Å². The van der Waals surface area contributed by atoms with Crippen molar-refractivity contribution in [2.24, 2.45) is 0 Å². The Morgan fingerprint density at radius 3 is 1.60 bits per heavy atom. The summed E-state index contributed by atoms with van der Waals surface area (Å²) < 4.78 is 0. The van der Waals surface area contributed by atoms with Crippen molar-refractivity contribution in [3.63, 3.8) is 0 Å². The molecule has 0 saturated carbocycles. The molecule has 0 spiro atoms. The van der Waals surface area contributed by atoms with Crippen molar-refractivity contribution in [3.8, 4) is 22.3 Å². The first kappa shape index (κ1) is 28.1. The lowest BCUT2D eigenvalue weighted by molar-refractivity contribution is 0.491. The largest absolute Gasteiger partial charge is 0.310 e. The fourth-order valence-corrected chi connectivity index (χ4v) is 8.91. The molecular weight excluding hydrogens is 567 g/mol. The Hall–Kier alpha value is -5.14. The number of benzene rings is 7. The highest BCUT2D eigenvalue weighted by molar-refractivity contribution is 5.96. The predicted octanol–water partition coefficient (Wildman–Crippen LogP) is 12.9. The van der Waals surface area contributed by atoms with Crippen molar-refractivity contribution in [3.05, 3.63) is 162 Å². The Morgan fingerprint density at radius 2 is 0.894 bits per heavy atom. The first-order valence-corrected chi connectivity index (χ1v) is 17.1. The lowest BCUT2D eigenvalue weighted by atomic mass is 9.73. The molecule has 9 rings (SSSR count). The lowest BCUT2D eigenvalue weighted by Crippen LogP contribution is -2.23. The van der Waals surface area contributed by atoms with Gasteiger partial charge in [0, 0.05) is 27.9 Å². The normalized spacial score (nSPS) is 14.9. The van der Waals surface area contributed by atoms with Crippen LogP contribution < -0.4 is 4.90 Å². The van der Waals surface area contributed by atoms with E-state index in [1.165, 1.54) is 83.1 Å². The van der Waals surface area contributed by atoms with Gasteiger partial charge in [-0.05, 0) is 127 Å². The van der Waals surface area contributed by atoms with Crippen LogP contribution in [0.5, 0.6) is 0 Å². The molecule has 2 aliphatic rings. The van der Waals surface area contributed by atoms with E-state index in [0.29, 0.717) is 0 Å². The molecule has 0 N–H and O–H groups in total. The van der Waals surface area contributed by atoms with E-state index >= 15 is 0 Å². The molecule has 1 nitrogen and oxygen atoms in total. The smallest absolute Gasteiger partial charge is 0.0468 e. The number of nitrogens with zero attached hydrogens (tertiary/aromatic N) is 1. The van der Waals surface area contributed by atoms with Crippen LogP contribution in [0.4, 0.5) is 17.1 Å². The molecule has 7 aromatic rings. The molecule has 0 bridgehead atoms. The Kier molecular flexibility index (Phi) is 6.09. The van der Waals surface area contributed by atoms with Gasteiger partial charge in [0.25, 0.3) is 0 Å². The van der Waals surface area contributed by atoms with Crippen LogP contribution in [-0.2, 0) is 10.8 Å². The van der Waals surface area contributed by atoms with E-state index in [0.717, 1.165) is 12.8 Å². The molecule has 0 radical (unpaired) electrons. The monoisotopic (exact) mass is 605 g/mol. The Balaban J connectivity index is 1.27. The van der Waals surface area contributed by atoms with Crippen molar-refractivity contribution in [2.45, 2.75) is 51.4 Å². The molecule has 0 aromatic heterocycles. The molecule has 0 heterocycles. The van der Waals surface area contributed by atoms with E-state index in [2.05, 4.69) is 172 Å². The van der Waals surface area contributed by atoms with Gasteiger partial charge in [0.2, 0.25) is 0 Å². The summed E-state index contributed by atoms with van der Waals surface area (Å²) in [6.07, 6.45) is 2.12. The Labute approximate surface area is 278 Å². The molecule has 0 saturated heterocycles. The molecule has 47 heavy (non-hydrogen) atoms. The molecule has 228 valence electrons. The number of fused-ring (bicyclic) bond motifs is 8. The van der Waals surface area contributed by atoms with Gasteiger partial charge in [-0.1, -0.05) is 119 Å². The maximum Gasteiger partial charge on any atom is 0.0468 e. The van der Waals surface area contributed by atoms with Crippen molar-refractivity contribution in [1.29, 1.82) is 0 Å². The molecule has 0 amide bonds. The van der Waals surface area contributed by atoms with Gasteiger partial charge < -0.3 is 4.90 Å². The van der Waals surface area contributed by atoms with Crippen LogP contribution in [0.2, 0.25) is 0 Å². The van der Waals surface area contributed by atoms with Crippen LogP contribution in [-0.4, -0.2) is 0 Å². The second-order valence-corrected chi connectivity index (χ2v) is 14.0. The highest BCUT2D eigenvalue weighted by atomic mass is 15.1. The van der Waals surface area contributed by atoms with Gasteiger partial charge in [-0.2, -0.15) is 0 Å². The highest BCUT2D eigenvalue weighted by Gasteiger charge is 2.41. The van der Waals surface area contributed by atoms with Crippen molar-refractivity contribution in [2.75, 3.05) is 4.90 Å². The number of hydrogen-bond acceptors (Lipinski definition) is 1. The van der Waals surface area contributed by atoms with E-state index in [1.807, 2.05) is 0 Å². The van der Waals surface area contributed by atoms with Crippen LogP contribution in [0.1, 0.15) is 62.8 Å². The molecule has 2 aliphatic carbocycles. The number of rotatable bonds is 5. The van der Waals surface area contributed by atoms with Crippen LogP contribution >= 0.6 is 0 Å². The van der Waals surface area contributed by atoms with Gasteiger partial charge in [-0.25, -0.2) is 0 Å². The highest BCUT2D eigenvalue weighted by Crippen LogP contribution is 2.56. The fourth-order valence-electron chi connectivity index (χ4n) is 8.91. The molecule has 0 unspecified atom stereocenters. The average molecular weight is 606 g/mol. The van der Waals surface area contributed by atoms with Crippen molar-refractivity contribution in [1.82, 2.24) is 0 Å². The standard InChI is InChI=1S/C46H39N/c1-5-46(6-2)43-27-33-16-10-9-15-32(33)26-40(43)39-24-22-36(29-44(39)46)47(34-20-19-30-13-7-8-14-31(30)25-34)35-21-23-38-37-17-11-12-18-41(37)45(3,4)42(38)28-35/h7-29H,5-6H2,1-4H3. The average Bonchev–Trinajstić information content (AvgIpc) is 3.51. The van der Waals surface area contributed by atoms with Crippen LogP contribution in [0.15, 0.2) is 140 Å². The summed E-state index contributed by atoms with van der Waals surface area (Å²) in [5.41, 5.74) is 14.7. The first-order valence-electron chi connectivity index (χ1n) is 17.1. The van der Waals surface area contributed by atoms with E-state index < -0.39 is 0 Å². The minimum Gasteiger partial charge on any atom is -0.310 e. The van der Waals surface area contributed by atoms with Gasteiger partial charge >= 0.3 is 0 Å². The summed E-state index contributed by atoms with van der Waals surface area (Å²) >= 11 is 0. The molecule has 1 heteroatoms. The zero-order valence-corrected chi connectivity index (χ0v) is 27.6. The maximum absolute atomic E-state index is 2.51. The van der Waals surface area contributed by atoms with Crippen LogP contribution in [0, 0.1) is 0 Å². The van der Waals surface area contributed by atoms with Crippen molar-refractivity contribution >= 4 is 38.6 Å². The zero-order chi connectivity index (χ0) is 31.9. The predicted molar refractivity (Wildman–Crippen MR) is 200 cm³/mol. The second kappa shape index (κ2) is 10.2. The summed E-state index contributed by atoms with van der Waals surface area (Å²) in [5, 5.41) is 5.14. The van der Waals surface area contributed by atoms with Gasteiger partial charge in [-0.3, -0.25) is 0 Å². The third kappa shape index (κ3) is 3.96.